The highest BCUT2D eigenvalue weighted by atomic mass is 32.2. The van der Waals surface area contributed by atoms with E-state index in [4.69, 9.17) is 9.47 Å². The average Bonchev–Trinajstić information content (AvgIpc) is 3.14. The first kappa shape index (κ1) is 18.4. The molecule has 0 radical (unpaired) electrons. The summed E-state index contributed by atoms with van der Waals surface area (Å²) in [4.78, 5) is 14.4. The molecule has 1 aliphatic heterocycles. The van der Waals surface area contributed by atoms with Crippen LogP contribution in [0.5, 0.6) is 11.5 Å². The summed E-state index contributed by atoms with van der Waals surface area (Å²) in [6, 6.07) is 10.1. The summed E-state index contributed by atoms with van der Waals surface area (Å²) in [6.07, 6.45) is 0. The average molecular weight is 376 g/mol. The van der Waals surface area contributed by atoms with Crippen molar-refractivity contribution in [3.8, 4) is 11.5 Å². The van der Waals surface area contributed by atoms with Crippen molar-refractivity contribution in [2.45, 2.75) is 12.3 Å². The van der Waals surface area contributed by atoms with Gasteiger partial charge >= 0.3 is 6.03 Å². The van der Waals surface area contributed by atoms with Gasteiger partial charge in [-0.2, -0.15) is 0 Å². The number of ether oxygens (including phenoxy) is 2. The molecule has 7 heteroatoms. The smallest absolute Gasteiger partial charge is 0.323 e. The van der Waals surface area contributed by atoms with Crippen LogP contribution in [-0.2, 0) is 0 Å². The van der Waals surface area contributed by atoms with Crippen LogP contribution >= 0.6 is 11.8 Å². The third-order valence-electron chi connectivity index (χ3n) is 4.27. The number of carbonyl (C=O) groups excluding carboxylic acids is 1. The van der Waals surface area contributed by atoms with E-state index in [1.807, 2.05) is 18.2 Å². The summed E-state index contributed by atoms with van der Waals surface area (Å²) in [6.45, 7) is 2.30. The summed E-state index contributed by atoms with van der Waals surface area (Å²) in [7, 11) is 3.17. The third-order valence-corrected chi connectivity index (χ3v) is 5.53. The van der Waals surface area contributed by atoms with Crippen LogP contribution in [0, 0.1) is 12.7 Å². The topological polar surface area (TPSA) is 50.8 Å². The number of carbonyl (C=O) groups is 1. The number of benzene rings is 2. The molecular formula is C19H21FN2O3S. The van der Waals surface area contributed by atoms with Crippen molar-refractivity contribution in [2.75, 3.05) is 31.8 Å². The van der Waals surface area contributed by atoms with Crippen LogP contribution in [0.15, 0.2) is 36.4 Å². The van der Waals surface area contributed by atoms with Gasteiger partial charge in [-0.15, -0.1) is 11.8 Å². The van der Waals surface area contributed by atoms with Crippen molar-refractivity contribution in [2.24, 2.45) is 0 Å². The number of nitrogens with one attached hydrogen (secondary N) is 1. The Labute approximate surface area is 156 Å². The fourth-order valence-corrected chi connectivity index (χ4v) is 4.07. The van der Waals surface area contributed by atoms with Crippen molar-refractivity contribution < 1.29 is 18.7 Å². The Balaban J connectivity index is 1.79. The number of hydrogen-bond acceptors (Lipinski definition) is 4. The maximum Gasteiger partial charge on any atom is 0.323 e. The molecule has 1 saturated heterocycles. The van der Waals surface area contributed by atoms with Gasteiger partial charge in [0, 0.05) is 18.0 Å². The van der Waals surface area contributed by atoms with E-state index >= 15 is 0 Å². The molecule has 2 amide bonds. The van der Waals surface area contributed by atoms with Gasteiger partial charge in [0.25, 0.3) is 0 Å². The number of rotatable bonds is 4. The largest absolute Gasteiger partial charge is 0.493 e. The number of aryl methyl sites for hydroxylation is 1. The number of amides is 2. The van der Waals surface area contributed by atoms with Crippen LogP contribution in [0.2, 0.25) is 0 Å². The number of thioether (sulfide) groups is 1. The lowest BCUT2D eigenvalue weighted by Crippen LogP contribution is -2.34. The molecule has 0 bridgehead atoms. The molecule has 1 heterocycles. The molecular weight excluding hydrogens is 355 g/mol. The minimum atomic E-state index is -0.338. The number of nitrogens with zero attached hydrogens (tertiary/aromatic N) is 1. The van der Waals surface area contributed by atoms with Gasteiger partial charge < -0.3 is 19.7 Å². The van der Waals surface area contributed by atoms with Crippen LogP contribution in [0.1, 0.15) is 16.5 Å². The lowest BCUT2D eigenvalue weighted by atomic mass is 10.2. The fraction of sp³-hybridized carbons (Fsp3) is 0.316. The molecule has 0 aliphatic carbocycles. The summed E-state index contributed by atoms with van der Waals surface area (Å²) >= 11 is 1.68. The third kappa shape index (κ3) is 3.72. The SMILES string of the molecule is COc1ccc(C2SCCN2C(=O)Nc2ccc(C)c(F)c2)cc1OC. The van der Waals surface area contributed by atoms with Crippen molar-refractivity contribution in [1.82, 2.24) is 4.90 Å². The Hall–Kier alpha value is -2.41. The van der Waals surface area contributed by atoms with Gasteiger partial charge in [0.2, 0.25) is 0 Å². The van der Waals surface area contributed by atoms with Gasteiger partial charge in [-0.3, -0.25) is 0 Å². The Kier molecular flexibility index (Phi) is 5.56. The molecule has 138 valence electrons. The highest BCUT2D eigenvalue weighted by Gasteiger charge is 2.31. The summed E-state index contributed by atoms with van der Waals surface area (Å²) in [5.74, 6) is 1.76. The monoisotopic (exact) mass is 376 g/mol. The molecule has 1 fully saturated rings. The van der Waals surface area contributed by atoms with Gasteiger partial charge in [-0.25, -0.2) is 9.18 Å². The van der Waals surface area contributed by atoms with Crippen molar-refractivity contribution in [3.63, 3.8) is 0 Å². The lowest BCUT2D eigenvalue weighted by Gasteiger charge is -2.25. The summed E-state index contributed by atoms with van der Waals surface area (Å²) in [5, 5.41) is 2.65. The van der Waals surface area contributed by atoms with E-state index < -0.39 is 0 Å². The van der Waals surface area contributed by atoms with Gasteiger partial charge in [0.15, 0.2) is 11.5 Å². The van der Waals surface area contributed by atoms with Gasteiger partial charge in [-0.1, -0.05) is 12.1 Å². The molecule has 3 rings (SSSR count). The van der Waals surface area contributed by atoms with E-state index in [1.54, 1.807) is 49.9 Å². The normalized spacial score (nSPS) is 16.5. The number of hydrogen-bond donors (Lipinski definition) is 1. The number of urea groups is 1. The van der Waals surface area contributed by atoms with E-state index in [0.29, 0.717) is 29.3 Å². The Morgan fingerprint density at radius 1 is 1.19 bits per heavy atom. The first-order valence-corrected chi connectivity index (χ1v) is 9.25. The molecule has 1 N–H and O–H groups in total. The maximum absolute atomic E-state index is 13.7. The Morgan fingerprint density at radius 2 is 1.96 bits per heavy atom. The van der Waals surface area contributed by atoms with E-state index in [-0.39, 0.29) is 17.2 Å². The summed E-state index contributed by atoms with van der Waals surface area (Å²) < 4.78 is 24.3. The standard InChI is InChI=1S/C19H21FN2O3S/c1-12-4-6-14(11-15(12)20)21-19(23)22-8-9-26-18(22)13-5-7-16(24-2)17(10-13)25-3/h4-7,10-11,18H,8-9H2,1-3H3,(H,21,23). The van der Waals surface area contributed by atoms with Gasteiger partial charge in [0.1, 0.15) is 11.2 Å². The lowest BCUT2D eigenvalue weighted by molar-refractivity contribution is 0.214. The molecule has 0 aromatic heterocycles. The maximum atomic E-state index is 13.7. The van der Waals surface area contributed by atoms with E-state index in [0.717, 1.165) is 11.3 Å². The summed E-state index contributed by atoms with van der Waals surface area (Å²) in [5.41, 5.74) is 1.94. The molecule has 2 aromatic rings. The second-order valence-corrected chi connectivity index (χ2v) is 7.11. The number of halogens is 1. The zero-order chi connectivity index (χ0) is 18.7. The molecule has 0 spiro atoms. The van der Waals surface area contributed by atoms with E-state index in [9.17, 15) is 9.18 Å². The minimum absolute atomic E-state index is 0.134. The molecule has 26 heavy (non-hydrogen) atoms. The zero-order valence-electron chi connectivity index (χ0n) is 14.9. The van der Waals surface area contributed by atoms with Crippen LogP contribution in [0.3, 0.4) is 0 Å². The van der Waals surface area contributed by atoms with Crippen LogP contribution in [0.25, 0.3) is 0 Å². The number of methoxy groups -OCH3 is 2. The van der Waals surface area contributed by atoms with Gasteiger partial charge in [0.05, 0.1) is 14.2 Å². The van der Waals surface area contributed by atoms with Gasteiger partial charge in [-0.05, 0) is 42.3 Å². The van der Waals surface area contributed by atoms with Crippen LogP contribution in [0.4, 0.5) is 14.9 Å². The van der Waals surface area contributed by atoms with Crippen LogP contribution in [-0.4, -0.2) is 37.4 Å². The first-order valence-electron chi connectivity index (χ1n) is 8.21. The van der Waals surface area contributed by atoms with E-state index in [1.165, 1.54) is 6.07 Å². The Bertz CT molecular complexity index is 815. The molecule has 5 nitrogen and oxygen atoms in total. The van der Waals surface area contributed by atoms with Crippen molar-refractivity contribution in [1.29, 1.82) is 0 Å². The van der Waals surface area contributed by atoms with Crippen molar-refractivity contribution >= 4 is 23.5 Å². The second-order valence-electron chi connectivity index (χ2n) is 5.93. The minimum Gasteiger partial charge on any atom is -0.493 e. The molecule has 2 aromatic carbocycles. The second kappa shape index (κ2) is 7.86. The molecule has 0 saturated carbocycles. The first-order chi connectivity index (χ1) is 12.5. The van der Waals surface area contributed by atoms with E-state index in [2.05, 4.69) is 5.32 Å². The quantitative estimate of drug-likeness (QED) is 0.858. The molecule has 1 aliphatic rings. The van der Waals surface area contributed by atoms with Crippen LogP contribution < -0.4 is 14.8 Å². The molecule has 1 unspecified atom stereocenters. The highest BCUT2D eigenvalue weighted by molar-refractivity contribution is 7.99. The highest BCUT2D eigenvalue weighted by Crippen LogP contribution is 2.41. The fourth-order valence-electron chi connectivity index (χ4n) is 2.83. The number of anilines is 1. The Morgan fingerprint density at radius 3 is 2.65 bits per heavy atom. The van der Waals surface area contributed by atoms with Crippen molar-refractivity contribution in [3.05, 3.63) is 53.3 Å². The molecule has 1 atom stereocenters. The zero-order valence-corrected chi connectivity index (χ0v) is 15.7. The predicted molar refractivity (Wildman–Crippen MR) is 102 cm³/mol. The predicted octanol–water partition coefficient (Wildman–Crippen LogP) is 4.43.